The van der Waals surface area contributed by atoms with Gasteiger partial charge in [0.1, 0.15) is 17.7 Å². The molecule has 46 heavy (non-hydrogen) atoms. The lowest BCUT2D eigenvalue weighted by molar-refractivity contribution is -0.137. The Bertz CT molecular complexity index is 1650. The number of aliphatic hydroxyl groups excluding tert-OH is 1. The first-order valence-corrected chi connectivity index (χ1v) is 15.7. The van der Waals surface area contributed by atoms with E-state index in [0.29, 0.717) is 5.56 Å². The maximum atomic E-state index is 13.4. The first-order valence-electron chi connectivity index (χ1n) is 14.3. The number of nitrogens with one attached hydrogen (secondary N) is 2. The van der Waals surface area contributed by atoms with Crippen LogP contribution in [0.15, 0.2) is 71.6 Å². The zero-order valence-corrected chi connectivity index (χ0v) is 26.0. The molecule has 4 rings (SSSR count). The van der Waals surface area contributed by atoms with Gasteiger partial charge in [0.2, 0.25) is 15.9 Å². The number of nitrogens with zero attached hydrogens (tertiary/aromatic N) is 2. The van der Waals surface area contributed by atoms with E-state index in [0.717, 1.165) is 52.8 Å². The van der Waals surface area contributed by atoms with Crippen molar-refractivity contribution in [2.24, 2.45) is 5.92 Å². The number of carbonyl (C=O) groups is 2. The Kier molecular flexibility index (Phi) is 10.6. The highest BCUT2D eigenvalue weighted by Gasteiger charge is 2.34. The Morgan fingerprint density at radius 2 is 1.67 bits per heavy atom. The minimum absolute atomic E-state index is 0.108. The van der Waals surface area contributed by atoms with E-state index in [9.17, 15) is 40.7 Å². The topological polar surface area (TPSA) is 128 Å². The predicted octanol–water partition coefficient (Wildman–Crippen LogP) is 4.96. The number of anilines is 2. The molecule has 15 heteroatoms. The Morgan fingerprint density at radius 1 is 1.07 bits per heavy atom. The number of hydrogen-bond donors (Lipinski definition) is 3. The Labute approximate surface area is 264 Å². The molecule has 3 atom stereocenters. The minimum atomic E-state index is -4.52. The standard InChI is InChI=1S/C31H34F4N4O6S/c1-19-16-39(20(2)18-40)29(41)15-21-14-25(37-30(42)36-24-8-4-22(5-9-24)31(33,34)35)10-13-27(21)45-28(19)17-38(3)46(43,44)26-11-6-23(32)7-12-26/h4-14,19-20,28,40H,15-18H2,1-3H3,(H2,36,37,42)/t19-,20-,28+/m0/s1. The monoisotopic (exact) mass is 666 g/mol. The molecular formula is C31H34F4N4O6S. The summed E-state index contributed by atoms with van der Waals surface area (Å²) in [6.45, 7) is 3.16. The molecule has 0 saturated heterocycles. The van der Waals surface area contributed by atoms with Crippen molar-refractivity contribution in [1.29, 1.82) is 0 Å². The molecule has 0 unspecified atom stereocenters. The predicted molar refractivity (Wildman–Crippen MR) is 162 cm³/mol. The van der Waals surface area contributed by atoms with E-state index in [1.807, 2.05) is 0 Å². The molecule has 1 aliphatic heterocycles. The van der Waals surface area contributed by atoms with Gasteiger partial charge in [-0.2, -0.15) is 17.5 Å². The van der Waals surface area contributed by atoms with Crippen LogP contribution < -0.4 is 15.4 Å². The van der Waals surface area contributed by atoms with Crippen molar-refractivity contribution in [3.63, 3.8) is 0 Å². The molecule has 3 aromatic rings. The fourth-order valence-electron chi connectivity index (χ4n) is 4.90. The number of carbonyl (C=O) groups excluding carboxylic acids is 2. The molecular weight excluding hydrogens is 632 g/mol. The number of halogens is 4. The number of amides is 3. The van der Waals surface area contributed by atoms with E-state index in [1.165, 1.54) is 30.1 Å². The first kappa shape index (κ1) is 34.7. The molecule has 10 nitrogen and oxygen atoms in total. The number of likely N-dealkylation sites (N-methyl/N-ethyl adjacent to an activating group) is 1. The van der Waals surface area contributed by atoms with E-state index in [1.54, 1.807) is 13.8 Å². The van der Waals surface area contributed by atoms with Crippen LogP contribution >= 0.6 is 0 Å². The van der Waals surface area contributed by atoms with Gasteiger partial charge in [0, 0.05) is 36.4 Å². The van der Waals surface area contributed by atoms with E-state index in [2.05, 4.69) is 10.6 Å². The quantitative estimate of drug-likeness (QED) is 0.292. The summed E-state index contributed by atoms with van der Waals surface area (Å²) in [5.41, 5.74) is -0.120. The lowest BCUT2D eigenvalue weighted by Crippen LogP contribution is -2.48. The number of hydrogen-bond acceptors (Lipinski definition) is 6. The second-order valence-corrected chi connectivity index (χ2v) is 13.1. The van der Waals surface area contributed by atoms with Crippen molar-refractivity contribution >= 4 is 33.3 Å². The summed E-state index contributed by atoms with van der Waals surface area (Å²) >= 11 is 0. The molecule has 0 aromatic heterocycles. The zero-order chi connectivity index (χ0) is 33.8. The molecule has 248 valence electrons. The lowest BCUT2D eigenvalue weighted by atomic mass is 10.0. The van der Waals surface area contributed by atoms with Crippen LogP contribution in [0.3, 0.4) is 0 Å². The Balaban J connectivity index is 1.58. The molecule has 0 aliphatic carbocycles. The smallest absolute Gasteiger partial charge is 0.416 e. The molecule has 3 aromatic carbocycles. The van der Waals surface area contributed by atoms with E-state index >= 15 is 0 Å². The van der Waals surface area contributed by atoms with Gasteiger partial charge in [0.05, 0.1) is 36.1 Å². The van der Waals surface area contributed by atoms with Crippen LogP contribution in [0.5, 0.6) is 5.75 Å². The summed E-state index contributed by atoms with van der Waals surface area (Å²) in [6.07, 6.45) is -5.47. The van der Waals surface area contributed by atoms with Crippen LogP contribution in [-0.2, 0) is 27.4 Å². The molecule has 0 radical (unpaired) electrons. The van der Waals surface area contributed by atoms with Crippen LogP contribution in [0.2, 0.25) is 0 Å². The van der Waals surface area contributed by atoms with Crippen LogP contribution in [0.25, 0.3) is 0 Å². The average Bonchev–Trinajstić information content (AvgIpc) is 3.04. The van der Waals surface area contributed by atoms with Crippen LogP contribution in [0.4, 0.5) is 33.7 Å². The van der Waals surface area contributed by atoms with Gasteiger partial charge in [0.15, 0.2) is 0 Å². The van der Waals surface area contributed by atoms with Crippen LogP contribution in [0, 0.1) is 11.7 Å². The molecule has 3 amide bonds. The lowest BCUT2D eigenvalue weighted by Gasteiger charge is -2.33. The maximum absolute atomic E-state index is 13.4. The average molecular weight is 667 g/mol. The molecule has 1 heterocycles. The minimum Gasteiger partial charge on any atom is -0.488 e. The third kappa shape index (κ3) is 8.33. The highest BCUT2D eigenvalue weighted by molar-refractivity contribution is 7.89. The van der Waals surface area contributed by atoms with Crippen molar-refractivity contribution in [2.75, 3.05) is 37.4 Å². The van der Waals surface area contributed by atoms with Gasteiger partial charge in [-0.05, 0) is 73.7 Å². The molecule has 0 saturated carbocycles. The summed E-state index contributed by atoms with van der Waals surface area (Å²) in [5, 5.41) is 14.9. The van der Waals surface area contributed by atoms with Gasteiger partial charge in [-0.3, -0.25) is 4.79 Å². The summed E-state index contributed by atoms with van der Waals surface area (Å²) in [7, 11) is -2.67. The number of aliphatic hydroxyl groups is 1. The molecule has 0 spiro atoms. The van der Waals surface area contributed by atoms with Crippen molar-refractivity contribution in [3.05, 3.63) is 83.7 Å². The maximum Gasteiger partial charge on any atom is 0.416 e. The number of alkyl halides is 3. The fraction of sp³-hybridized carbons (Fsp3) is 0.355. The number of sulfonamides is 1. The van der Waals surface area contributed by atoms with Gasteiger partial charge in [0.25, 0.3) is 0 Å². The number of ether oxygens (including phenoxy) is 1. The zero-order valence-electron chi connectivity index (χ0n) is 25.2. The normalized spacial score (nSPS) is 18.1. The first-order chi connectivity index (χ1) is 21.6. The largest absolute Gasteiger partial charge is 0.488 e. The van der Waals surface area contributed by atoms with E-state index in [4.69, 9.17) is 4.74 Å². The summed E-state index contributed by atoms with van der Waals surface area (Å²) in [6, 6.07) is 11.6. The van der Waals surface area contributed by atoms with Crippen LogP contribution in [0.1, 0.15) is 25.0 Å². The van der Waals surface area contributed by atoms with Crippen molar-refractivity contribution in [2.45, 2.75) is 43.5 Å². The number of benzene rings is 3. The van der Waals surface area contributed by atoms with Crippen molar-refractivity contribution in [3.8, 4) is 5.75 Å². The highest BCUT2D eigenvalue weighted by Crippen LogP contribution is 2.31. The second kappa shape index (κ2) is 14.1. The van der Waals surface area contributed by atoms with Crippen molar-refractivity contribution < 1.29 is 45.4 Å². The molecule has 0 fully saturated rings. The summed E-state index contributed by atoms with van der Waals surface area (Å²) in [5.74, 6) is -1.07. The van der Waals surface area contributed by atoms with Gasteiger partial charge in [-0.25, -0.2) is 17.6 Å². The Morgan fingerprint density at radius 3 is 2.28 bits per heavy atom. The summed E-state index contributed by atoms with van der Waals surface area (Å²) in [4.78, 5) is 27.5. The van der Waals surface area contributed by atoms with Crippen LogP contribution in [-0.4, -0.2) is 73.6 Å². The third-order valence-corrected chi connectivity index (χ3v) is 9.44. The van der Waals surface area contributed by atoms with Gasteiger partial charge in [-0.15, -0.1) is 0 Å². The van der Waals surface area contributed by atoms with E-state index in [-0.39, 0.29) is 54.0 Å². The molecule has 3 N–H and O–H groups in total. The second-order valence-electron chi connectivity index (χ2n) is 11.1. The molecule has 1 aliphatic rings. The number of urea groups is 1. The Hall–Kier alpha value is -4.21. The molecule has 0 bridgehead atoms. The SMILES string of the molecule is C[C@H]1CN([C@@H](C)CO)C(=O)Cc2cc(NC(=O)Nc3ccc(C(F)(F)F)cc3)ccc2O[C@@H]1CN(C)S(=O)(=O)c1ccc(F)cc1. The van der Waals surface area contributed by atoms with Gasteiger partial charge in [-0.1, -0.05) is 6.92 Å². The van der Waals surface area contributed by atoms with Crippen molar-refractivity contribution in [1.82, 2.24) is 9.21 Å². The van der Waals surface area contributed by atoms with Gasteiger partial charge >= 0.3 is 12.2 Å². The number of rotatable bonds is 8. The third-order valence-electron chi connectivity index (χ3n) is 7.60. The highest BCUT2D eigenvalue weighted by atomic mass is 32.2. The van der Waals surface area contributed by atoms with E-state index < -0.39 is 51.7 Å². The van der Waals surface area contributed by atoms with Gasteiger partial charge < -0.3 is 25.4 Å². The number of fused-ring (bicyclic) bond motifs is 1. The fourth-order valence-corrected chi connectivity index (χ4v) is 6.08. The summed E-state index contributed by atoms with van der Waals surface area (Å²) < 4.78 is 85.9.